The molecule has 0 aliphatic carbocycles. The molecular weight excluding hydrogens is 224 g/mol. The van der Waals surface area contributed by atoms with Gasteiger partial charge in [-0.1, -0.05) is 0 Å². The molecule has 17 heavy (non-hydrogen) atoms. The van der Waals surface area contributed by atoms with Gasteiger partial charge in [0.2, 0.25) is 0 Å². The average molecular weight is 231 g/mol. The molecule has 0 aliphatic heterocycles. The number of hydrogen-bond donors (Lipinski definition) is 0. The normalized spacial score (nSPS) is 10.0. The lowest BCUT2D eigenvalue weighted by Gasteiger charge is -2.03. The number of benzene rings is 1. The van der Waals surface area contributed by atoms with Gasteiger partial charge in [0.05, 0.1) is 5.69 Å². The van der Waals surface area contributed by atoms with Crippen molar-refractivity contribution in [3.8, 4) is 17.3 Å². The van der Waals surface area contributed by atoms with Crippen molar-refractivity contribution >= 4 is 0 Å². The predicted molar refractivity (Wildman–Crippen MR) is 56.8 cm³/mol. The zero-order chi connectivity index (χ0) is 12.4. The highest BCUT2D eigenvalue weighted by Gasteiger charge is 2.07. The molecular formula is C12H7F2N3. The van der Waals surface area contributed by atoms with Crippen LogP contribution in [0.15, 0.2) is 24.3 Å². The molecule has 84 valence electrons. The Morgan fingerprint density at radius 2 is 1.88 bits per heavy atom. The Bertz CT molecular complexity index is 618. The van der Waals surface area contributed by atoms with E-state index in [-0.39, 0.29) is 5.69 Å². The summed E-state index contributed by atoms with van der Waals surface area (Å²) >= 11 is 0. The van der Waals surface area contributed by atoms with Crippen molar-refractivity contribution in [3.05, 3.63) is 47.4 Å². The second-order valence-electron chi connectivity index (χ2n) is 3.43. The van der Waals surface area contributed by atoms with Crippen LogP contribution in [0.1, 0.15) is 11.5 Å². The first kappa shape index (κ1) is 11.1. The number of halogens is 2. The standard InChI is InChI=1S/C12H7F2N3/c1-7-16-9(6-15)5-12(17-7)8-2-3-10(13)11(14)4-8/h2-5H,1H3. The Morgan fingerprint density at radius 3 is 2.53 bits per heavy atom. The van der Waals surface area contributed by atoms with E-state index in [4.69, 9.17) is 5.26 Å². The average Bonchev–Trinajstić information content (AvgIpc) is 2.32. The largest absolute Gasteiger partial charge is 0.233 e. The maximum absolute atomic E-state index is 13.1. The highest BCUT2D eigenvalue weighted by atomic mass is 19.2. The third-order valence-corrected chi connectivity index (χ3v) is 2.17. The zero-order valence-electron chi connectivity index (χ0n) is 8.91. The van der Waals surface area contributed by atoms with E-state index in [1.807, 2.05) is 6.07 Å². The highest BCUT2D eigenvalue weighted by Crippen LogP contribution is 2.20. The summed E-state index contributed by atoms with van der Waals surface area (Å²) < 4.78 is 25.8. The monoisotopic (exact) mass is 231 g/mol. The maximum atomic E-state index is 13.1. The fourth-order valence-electron chi connectivity index (χ4n) is 1.43. The van der Waals surface area contributed by atoms with Gasteiger partial charge < -0.3 is 0 Å². The van der Waals surface area contributed by atoms with Gasteiger partial charge in [0.15, 0.2) is 11.6 Å². The topological polar surface area (TPSA) is 49.6 Å². The smallest absolute Gasteiger partial charge is 0.159 e. The molecule has 1 heterocycles. The molecule has 0 amide bonds. The van der Waals surface area contributed by atoms with Crippen molar-refractivity contribution in [2.24, 2.45) is 0 Å². The maximum Gasteiger partial charge on any atom is 0.159 e. The Morgan fingerprint density at radius 1 is 1.12 bits per heavy atom. The van der Waals surface area contributed by atoms with Crippen LogP contribution in [0, 0.1) is 29.9 Å². The summed E-state index contributed by atoms with van der Waals surface area (Å²) in [4.78, 5) is 7.95. The number of nitrogens with zero attached hydrogens (tertiary/aromatic N) is 3. The van der Waals surface area contributed by atoms with Crippen molar-refractivity contribution in [3.63, 3.8) is 0 Å². The molecule has 0 radical (unpaired) electrons. The minimum atomic E-state index is -0.947. The quantitative estimate of drug-likeness (QED) is 0.757. The van der Waals surface area contributed by atoms with Crippen LogP contribution in [-0.2, 0) is 0 Å². The van der Waals surface area contributed by atoms with Crippen LogP contribution in [0.2, 0.25) is 0 Å². The van der Waals surface area contributed by atoms with Crippen molar-refractivity contribution < 1.29 is 8.78 Å². The first-order valence-corrected chi connectivity index (χ1v) is 4.81. The van der Waals surface area contributed by atoms with Crippen molar-refractivity contribution in [1.82, 2.24) is 9.97 Å². The zero-order valence-corrected chi connectivity index (χ0v) is 8.91. The Balaban J connectivity index is 2.56. The lowest BCUT2D eigenvalue weighted by molar-refractivity contribution is 0.509. The predicted octanol–water partition coefficient (Wildman–Crippen LogP) is 2.60. The summed E-state index contributed by atoms with van der Waals surface area (Å²) in [6.07, 6.45) is 0. The Hall–Kier alpha value is -2.35. The van der Waals surface area contributed by atoms with E-state index >= 15 is 0 Å². The molecule has 0 saturated carbocycles. The summed E-state index contributed by atoms with van der Waals surface area (Å²) in [5.41, 5.74) is 0.996. The van der Waals surface area contributed by atoms with Crippen LogP contribution in [0.25, 0.3) is 11.3 Å². The number of rotatable bonds is 1. The summed E-state index contributed by atoms with van der Waals surface area (Å²) in [6, 6.07) is 6.78. The van der Waals surface area contributed by atoms with E-state index in [1.165, 1.54) is 12.1 Å². The van der Waals surface area contributed by atoms with E-state index in [9.17, 15) is 8.78 Å². The molecule has 0 saturated heterocycles. The molecule has 0 spiro atoms. The molecule has 3 nitrogen and oxygen atoms in total. The summed E-state index contributed by atoms with van der Waals surface area (Å²) in [7, 11) is 0. The van der Waals surface area contributed by atoms with E-state index in [2.05, 4.69) is 9.97 Å². The lowest BCUT2D eigenvalue weighted by Crippen LogP contribution is -1.95. The number of aromatic nitrogens is 2. The van der Waals surface area contributed by atoms with Crippen molar-refractivity contribution in [2.45, 2.75) is 6.92 Å². The Kier molecular flexibility index (Phi) is 2.79. The minimum Gasteiger partial charge on any atom is -0.233 e. The van der Waals surface area contributed by atoms with Gasteiger partial charge in [-0.3, -0.25) is 0 Å². The summed E-state index contributed by atoms with van der Waals surface area (Å²) in [5, 5.41) is 8.76. The van der Waals surface area contributed by atoms with Crippen molar-refractivity contribution in [2.75, 3.05) is 0 Å². The fraction of sp³-hybridized carbons (Fsp3) is 0.0833. The van der Waals surface area contributed by atoms with Gasteiger partial charge in [0.25, 0.3) is 0 Å². The summed E-state index contributed by atoms with van der Waals surface area (Å²) in [5.74, 6) is -1.46. The first-order chi connectivity index (χ1) is 8.10. The van der Waals surface area contributed by atoms with Gasteiger partial charge >= 0.3 is 0 Å². The van der Waals surface area contributed by atoms with E-state index < -0.39 is 11.6 Å². The van der Waals surface area contributed by atoms with E-state index in [0.717, 1.165) is 12.1 Å². The molecule has 0 N–H and O–H groups in total. The van der Waals surface area contributed by atoms with Crippen LogP contribution in [0.5, 0.6) is 0 Å². The highest BCUT2D eigenvalue weighted by molar-refractivity contribution is 5.60. The van der Waals surface area contributed by atoms with Gasteiger partial charge in [-0.2, -0.15) is 5.26 Å². The third-order valence-electron chi connectivity index (χ3n) is 2.17. The molecule has 0 unspecified atom stereocenters. The molecule has 2 aromatic rings. The van der Waals surface area contributed by atoms with Crippen LogP contribution in [-0.4, -0.2) is 9.97 Å². The number of nitriles is 1. The second kappa shape index (κ2) is 4.26. The summed E-state index contributed by atoms with van der Waals surface area (Å²) in [6.45, 7) is 1.63. The SMILES string of the molecule is Cc1nc(C#N)cc(-c2ccc(F)c(F)c2)n1. The first-order valence-electron chi connectivity index (χ1n) is 4.81. The molecule has 0 bridgehead atoms. The van der Waals surface area contributed by atoms with E-state index in [1.54, 1.807) is 6.92 Å². The van der Waals surface area contributed by atoms with E-state index in [0.29, 0.717) is 17.1 Å². The second-order valence-corrected chi connectivity index (χ2v) is 3.43. The van der Waals surface area contributed by atoms with Crippen LogP contribution < -0.4 is 0 Å². The van der Waals surface area contributed by atoms with Gasteiger partial charge in [0.1, 0.15) is 17.6 Å². The number of aryl methyl sites for hydroxylation is 1. The molecule has 5 heteroatoms. The van der Waals surface area contributed by atoms with Crippen LogP contribution >= 0.6 is 0 Å². The van der Waals surface area contributed by atoms with Crippen LogP contribution in [0.3, 0.4) is 0 Å². The minimum absolute atomic E-state index is 0.192. The van der Waals surface area contributed by atoms with Gasteiger partial charge in [-0.15, -0.1) is 0 Å². The molecule has 0 aliphatic rings. The van der Waals surface area contributed by atoms with Gasteiger partial charge in [-0.05, 0) is 25.1 Å². The van der Waals surface area contributed by atoms with Crippen LogP contribution in [0.4, 0.5) is 8.78 Å². The van der Waals surface area contributed by atoms with Gasteiger partial charge in [-0.25, -0.2) is 18.7 Å². The molecule has 2 rings (SSSR count). The fourth-order valence-corrected chi connectivity index (χ4v) is 1.43. The molecule has 0 atom stereocenters. The molecule has 1 aromatic carbocycles. The lowest BCUT2D eigenvalue weighted by atomic mass is 10.1. The Labute approximate surface area is 96.4 Å². The third kappa shape index (κ3) is 2.26. The number of hydrogen-bond acceptors (Lipinski definition) is 3. The van der Waals surface area contributed by atoms with Crippen molar-refractivity contribution in [1.29, 1.82) is 5.26 Å². The molecule has 0 fully saturated rings. The molecule has 1 aromatic heterocycles. The van der Waals surface area contributed by atoms with Gasteiger partial charge in [0, 0.05) is 11.6 Å².